The van der Waals surface area contributed by atoms with Crippen molar-refractivity contribution >= 4 is 22.6 Å². The Hall–Kier alpha value is -2.37. The highest BCUT2D eigenvalue weighted by molar-refractivity contribution is 5.90. The summed E-state index contributed by atoms with van der Waals surface area (Å²) in [6.45, 7) is 1.36. The van der Waals surface area contributed by atoms with Crippen molar-refractivity contribution < 1.29 is 9.90 Å². The van der Waals surface area contributed by atoms with Crippen LogP contribution in [0.3, 0.4) is 0 Å². The van der Waals surface area contributed by atoms with Gasteiger partial charge in [0.05, 0.1) is 0 Å². The summed E-state index contributed by atoms with van der Waals surface area (Å²) in [5.74, 6) is -0.243. The minimum absolute atomic E-state index is 0.242. The van der Waals surface area contributed by atoms with E-state index in [9.17, 15) is 14.7 Å². The molecule has 0 spiro atoms. The lowest BCUT2D eigenvalue weighted by Crippen LogP contribution is -2.08. The van der Waals surface area contributed by atoms with E-state index in [4.69, 9.17) is 0 Å². The average Bonchev–Trinajstić information content (AvgIpc) is 2.18. The number of nitrogens with zero attached hydrogens (tertiary/aromatic N) is 1. The molecular weight excluding hydrogens is 210 g/mol. The van der Waals surface area contributed by atoms with Gasteiger partial charge in [0.2, 0.25) is 11.8 Å². The first-order valence-electron chi connectivity index (χ1n) is 4.57. The maximum atomic E-state index is 11.1. The van der Waals surface area contributed by atoms with Crippen LogP contribution in [0.4, 0.5) is 5.82 Å². The van der Waals surface area contributed by atoms with E-state index in [1.165, 1.54) is 13.0 Å². The van der Waals surface area contributed by atoms with Crippen LogP contribution >= 0.6 is 0 Å². The first kappa shape index (κ1) is 10.2. The van der Waals surface area contributed by atoms with Crippen LogP contribution in [-0.2, 0) is 4.79 Å². The van der Waals surface area contributed by atoms with E-state index in [-0.39, 0.29) is 17.3 Å². The van der Waals surface area contributed by atoms with Crippen molar-refractivity contribution in [3.63, 3.8) is 0 Å². The van der Waals surface area contributed by atoms with E-state index >= 15 is 0 Å². The normalized spacial score (nSPS) is 10.3. The number of hydrogen-bond donors (Lipinski definition) is 3. The van der Waals surface area contributed by atoms with Crippen LogP contribution in [0.2, 0.25) is 0 Å². The van der Waals surface area contributed by atoms with E-state index in [2.05, 4.69) is 15.3 Å². The Morgan fingerprint density at radius 2 is 2.25 bits per heavy atom. The van der Waals surface area contributed by atoms with Gasteiger partial charge in [0.1, 0.15) is 11.3 Å². The lowest BCUT2D eigenvalue weighted by molar-refractivity contribution is -0.114. The number of carbonyl (C=O) groups is 1. The van der Waals surface area contributed by atoms with Crippen molar-refractivity contribution in [1.29, 1.82) is 0 Å². The third kappa shape index (κ3) is 1.85. The number of H-pyrrole nitrogens is 1. The number of carbonyl (C=O) groups excluding carboxylic acids is 1. The molecule has 1 amide bonds. The smallest absolute Gasteiger partial charge is 0.251 e. The van der Waals surface area contributed by atoms with Crippen LogP contribution in [-0.4, -0.2) is 21.0 Å². The monoisotopic (exact) mass is 219 g/mol. The topological polar surface area (TPSA) is 95.1 Å². The van der Waals surface area contributed by atoms with Gasteiger partial charge in [-0.2, -0.15) is 0 Å². The molecule has 0 radical (unpaired) electrons. The summed E-state index contributed by atoms with van der Waals surface area (Å²) in [4.78, 5) is 28.1. The Morgan fingerprint density at radius 1 is 1.50 bits per heavy atom. The minimum Gasteiger partial charge on any atom is -0.493 e. The molecule has 0 bridgehead atoms. The molecule has 0 saturated carbocycles. The molecule has 0 aliphatic carbocycles. The molecule has 0 unspecified atom stereocenters. The van der Waals surface area contributed by atoms with E-state index < -0.39 is 5.56 Å². The van der Waals surface area contributed by atoms with Crippen molar-refractivity contribution in [2.45, 2.75) is 6.92 Å². The largest absolute Gasteiger partial charge is 0.493 e. The fourth-order valence-electron chi connectivity index (χ4n) is 1.38. The molecule has 0 aliphatic heterocycles. The summed E-state index contributed by atoms with van der Waals surface area (Å²) in [5, 5.41) is 12.5. The molecule has 0 atom stereocenters. The number of aromatic hydroxyl groups is 1. The summed E-state index contributed by atoms with van der Waals surface area (Å²) in [6.07, 6.45) is 0. The number of anilines is 1. The van der Waals surface area contributed by atoms with Gasteiger partial charge in [-0.25, -0.2) is 4.98 Å². The quantitative estimate of drug-likeness (QED) is 0.654. The number of fused-ring (bicyclic) bond motifs is 1. The molecule has 6 heteroatoms. The third-order valence-corrected chi connectivity index (χ3v) is 1.98. The molecule has 0 aliphatic rings. The van der Waals surface area contributed by atoms with Gasteiger partial charge in [0.25, 0.3) is 5.56 Å². The Morgan fingerprint density at radius 3 is 2.94 bits per heavy atom. The van der Waals surface area contributed by atoms with Crippen LogP contribution < -0.4 is 10.9 Å². The Bertz CT molecular complexity index is 618. The highest BCUT2D eigenvalue weighted by Crippen LogP contribution is 2.19. The first-order chi connectivity index (χ1) is 7.56. The lowest BCUT2D eigenvalue weighted by Gasteiger charge is -2.03. The van der Waals surface area contributed by atoms with Crippen molar-refractivity contribution in [2.24, 2.45) is 0 Å². The van der Waals surface area contributed by atoms with Crippen molar-refractivity contribution in [3.8, 4) is 5.88 Å². The lowest BCUT2D eigenvalue weighted by atomic mass is 10.2. The number of nitrogens with one attached hydrogen (secondary N) is 2. The SMILES string of the molecule is CC(=O)Nc1ccc2cc(=O)[nH]c(O)c2n1. The number of pyridine rings is 2. The molecular formula is C10H9N3O3. The molecule has 2 aromatic heterocycles. The van der Waals surface area contributed by atoms with E-state index in [1.54, 1.807) is 12.1 Å². The van der Waals surface area contributed by atoms with Gasteiger partial charge in [-0.15, -0.1) is 0 Å². The molecule has 0 fully saturated rings. The Balaban J connectivity index is 2.61. The average molecular weight is 219 g/mol. The number of aromatic amines is 1. The van der Waals surface area contributed by atoms with E-state index in [0.29, 0.717) is 11.2 Å². The van der Waals surface area contributed by atoms with Gasteiger partial charge in [-0.1, -0.05) is 0 Å². The summed E-state index contributed by atoms with van der Waals surface area (Å²) in [5.41, 5.74) is -0.162. The molecule has 16 heavy (non-hydrogen) atoms. The third-order valence-electron chi connectivity index (χ3n) is 1.98. The second-order valence-corrected chi connectivity index (χ2v) is 3.30. The predicted octanol–water partition coefficient (Wildman–Crippen LogP) is 0.587. The van der Waals surface area contributed by atoms with E-state index in [1.807, 2.05) is 0 Å². The molecule has 82 valence electrons. The summed E-state index contributed by atoms with van der Waals surface area (Å²) in [7, 11) is 0. The van der Waals surface area contributed by atoms with Gasteiger partial charge in [0.15, 0.2) is 0 Å². The molecule has 2 aromatic rings. The molecule has 2 rings (SSSR count). The van der Waals surface area contributed by atoms with Crippen LogP contribution in [0.1, 0.15) is 6.92 Å². The molecule has 0 aromatic carbocycles. The number of aromatic nitrogens is 2. The molecule has 6 nitrogen and oxygen atoms in total. The second-order valence-electron chi connectivity index (χ2n) is 3.30. The number of rotatable bonds is 1. The standard InChI is InChI=1S/C10H9N3O3/c1-5(14)11-7-3-2-6-4-8(15)13-10(16)9(6)12-7/h2-4H,1H3,(H,11,12,14)(H2,13,15,16). The zero-order valence-corrected chi connectivity index (χ0v) is 8.44. The summed E-state index contributed by atoms with van der Waals surface area (Å²) >= 11 is 0. The second kappa shape index (κ2) is 3.65. The zero-order valence-electron chi connectivity index (χ0n) is 8.44. The van der Waals surface area contributed by atoms with Crippen LogP contribution in [0.5, 0.6) is 5.88 Å². The Kier molecular flexibility index (Phi) is 2.32. The highest BCUT2D eigenvalue weighted by Gasteiger charge is 2.05. The first-order valence-corrected chi connectivity index (χ1v) is 4.57. The van der Waals surface area contributed by atoms with Crippen molar-refractivity contribution in [1.82, 2.24) is 9.97 Å². The van der Waals surface area contributed by atoms with Crippen molar-refractivity contribution in [2.75, 3.05) is 5.32 Å². The van der Waals surface area contributed by atoms with Crippen LogP contribution in [0.25, 0.3) is 10.9 Å². The van der Waals surface area contributed by atoms with E-state index in [0.717, 1.165) is 0 Å². The van der Waals surface area contributed by atoms with Gasteiger partial charge in [0, 0.05) is 18.4 Å². The Labute approximate surface area is 89.9 Å². The highest BCUT2D eigenvalue weighted by atomic mass is 16.3. The van der Waals surface area contributed by atoms with Crippen LogP contribution in [0, 0.1) is 0 Å². The maximum Gasteiger partial charge on any atom is 0.251 e. The molecule has 0 saturated heterocycles. The zero-order chi connectivity index (χ0) is 11.7. The van der Waals surface area contributed by atoms with Gasteiger partial charge in [-0.3, -0.25) is 14.6 Å². The summed E-state index contributed by atoms with van der Waals surface area (Å²) in [6, 6.07) is 4.48. The summed E-state index contributed by atoms with van der Waals surface area (Å²) < 4.78 is 0. The predicted molar refractivity (Wildman–Crippen MR) is 58.3 cm³/mol. The number of amides is 1. The molecule has 2 heterocycles. The minimum atomic E-state index is -0.404. The van der Waals surface area contributed by atoms with Gasteiger partial charge in [-0.05, 0) is 12.1 Å². The fraction of sp³-hybridized carbons (Fsp3) is 0.100. The van der Waals surface area contributed by atoms with Crippen LogP contribution in [0.15, 0.2) is 23.0 Å². The molecule has 3 N–H and O–H groups in total. The maximum absolute atomic E-state index is 11.1. The van der Waals surface area contributed by atoms with Gasteiger partial charge >= 0.3 is 0 Å². The fourth-order valence-corrected chi connectivity index (χ4v) is 1.38. The van der Waals surface area contributed by atoms with Gasteiger partial charge < -0.3 is 10.4 Å². The van der Waals surface area contributed by atoms with Crippen molar-refractivity contribution in [3.05, 3.63) is 28.6 Å². The number of hydrogen-bond acceptors (Lipinski definition) is 4.